The number of carbonyl (C=O) groups is 1. The first-order valence-corrected chi connectivity index (χ1v) is 8.59. The number of carbonyl (C=O) groups excluding carboxylic acids is 1. The van der Waals surface area contributed by atoms with Gasteiger partial charge in [-0.2, -0.15) is 5.10 Å². The first-order valence-electron chi connectivity index (χ1n) is 8.59. The Morgan fingerprint density at radius 2 is 2.35 bits per heavy atom. The number of aromatic amines is 1. The lowest BCUT2D eigenvalue weighted by Crippen LogP contribution is -2.36. The van der Waals surface area contributed by atoms with Crippen LogP contribution in [0.25, 0.3) is 10.9 Å². The van der Waals surface area contributed by atoms with Crippen LogP contribution in [0.3, 0.4) is 0 Å². The molecule has 1 aliphatic heterocycles. The molecular weight excluding hydrogens is 288 g/mol. The molecule has 5 heteroatoms. The van der Waals surface area contributed by atoms with Crippen LogP contribution in [0.15, 0.2) is 18.2 Å². The van der Waals surface area contributed by atoms with Crippen molar-refractivity contribution in [1.82, 2.24) is 20.4 Å². The van der Waals surface area contributed by atoms with Crippen molar-refractivity contribution in [2.75, 3.05) is 26.2 Å². The van der Waals surface area contributed by atoms with Gasteiger partial charge in [0.1, 0.15) is 0 Å². The Morgan fingerprint density at radius 3 is 3.17 bits per heavy atom. The van der Waals surface area contributed by atoms with Crippen molar-refractivity contribution in [1.29, 1.82) is 0 Å². The van der Waals surface area contributed by atoms with E-state index in [2.05, 4.69) is 27.3 Å². The number of amides is 1. The maximum Gasteiger partial charge on any atom is 0.272 e. The first kappa shape index (κ1) is 16.0. The smallest absolute Gasteiger partial charge is 0.272 e. The summed E-state index contributed by atoms with van der Waals surface area (Å²) in [6.07, 6.45) is 3.63. The monoisotopic (exact) mass is 314 g/mol. The van der Waals surface area contributed by atoms with E-state index >= 15 is 0 Å². The van der Waals surface area contributed by atoms with Gasteiger partial charge in [0.25, 0.3) is 5.91 Å². The third-order valence-corrected chi connectivity index (χ3v) is 4.61. The zero-order valence-electron chi connectivity index (χ0n) is 14.1. The highest BCUT2D eigenvalue weighted by atomic mass is 16.1. The Morgan fingerprint density at radius 1 is 1.48 bits per heavy atom. The molecule has 3 rings (SSSR count). The molecule has 0 radical (unpaired) electrons. The molecule has 0 aliphatic carbocycles. The fourth-order valence-corrected chi connectivity index (χ4v) is 3.38. The van der Waals surface area contributed by atoms with Crippen molar-refractivity contribution in [2.24, 2.45) is 5.92 Å². The van der Waals surface area contributed by atoms with Crippen LogP contribution in [0.4, 0.5) is 0 Å². The van der Waals surface area contributed by atoms with E-state index in [1.807, 2.05) is 25.1 Å². The lowest BCUT2D eigenvalue weighted by molar-refractivity contribution is 0.0946. The van der Waals surface area contributed by atoms with Gasteiger partial charge in [0.2, 0.25) is 0 Å². The molecule has 0 spiro atoms. The highest BCUT2D eigenvalue weighted by molar-refractivity contribution is 6.04. The number of hydrogen-bond acceptors (Lipinski definition) is 3. The molecule has 1 saturated heterocycles. The summed E-state index contributed by atoms with van der Waals surface area (Å²) in [4.78, 5) is 14.8. The van der Waals surface area contributed by atoms with Crippen molar-refractivity contribution in [2.45, 2.75) is 33.1 Å². The van der Waals surface area contributed by atoms with E-state index in [9.17, 15) is 4.79 Å². The van der Waals surface area contributed by atoms with Gasteiger partial charge in [-0.25, -0.2) is 0 Å². The van der Waals surface area contributed by atoms with E-state index in [-0.39, 0.29) is 5.91 Å². The van der Waals surface area contributed by atoms with Gasteiger partial charge in [0.15, 0.2) is 5.69 Å². The van der Waals surface area contributed by atoms with Gasteiger partial charge < -0.3 is 10.2 Å². The molecule has 1 fully saturated rings. The van der Waals surface area contributed by atoms with Crippen LogP contribution < -0.4 is 5.32 Å². The van der Waals surface area contributed by atoms with Crippen LogP contribution in [0, 0.1) is 12.8 Å². The SMILES string of the molecule is Cc1ccc2[nH]nc(C(=O)NCCCN3CCCC(C)C3)c2c1. The lowest BCUT2D eigenvalue weighted by Gasteiger charge is -2.30. The van der Waals surface area contributed by atoms with Gasteiger partial charge in [-0.15, -0.1) is 0 Å². The van der Waals surface area contributed by atoms with E-state index in [0.717, 1.165) is 35.3 Å². The third kappa shape index (κ3) is 3.91. The van der Waals surface area contributed by atoms with Crippen molar-refractivity contribution in [3.63, 3.8) is 0 Å². The molecule has 2 N–H and O–H groups in total. The zero-order valence-corrected chi connectivity index (χ0v) is 14.1. The van der Waals surface area contributed by atoms with Gasteiger partial charge in [-0.3, -0.25) is 9.89 Å². The summed E-state index contributed by atoms with van der Waals surface area (Å²) in [7, 11) is 0. The largest absolute Gasteiger partial charge is 0.351 e. The Bertz CT molecular complexity index is 679. The minimum atomic E-state index is -0.0890. The Hall–Kier alpha value is -1.88. The summed E-state index contributed by atoms with van der Waals surface area (Å²) in [5.41, 5.74) is 2.53. The molecule has 5 nitrogen and oxygen atoms in total. The summed E-state index contributed by atoms with van der Waals surface area (Å²) < 4.78 is 0. The number of rotatable bonds is 5. The molecule has 1 amide bonds. The molecule has 0 bridgehead atoms. The molecule has 1 aromatic heterocycles. The van der Waals surface area contributed by atoms with Crippen LogP contribution in [-0.2, 0) is 0 Å². The second-order valence-electron chi connectivity index (χ2n) is 6.78. The fourth-order valence-electron chi connectivity index (χ4n) is 3.38. The molecule has 23 heavy (non-hydrogen) atoms. The molecule has 2 heterocycles. The molecule has 1 unspecified atom stereocenters. The normalized spacial score (nSPS) is 19.1. The average Bonchev–Trinajstić information content (AvgIpc) is 2.94. The highest BCUT2D eigenvalue weighted by Crippen LogP contribution is 2.17. The predicted molar refractivity (Wildman–Crippen MR) is 92.6 cm³/mol. The lowest BCUT2D eigenvalue weighted by atomic mass is 10.0. The van der Waals surface area contributed by atoms with Gasteiger partial charge in [-0.1, -0.05) is 18.6 Å². The number of fused-ring (bicyclic) bond motifs is 1. The maximum absolute atomic E-state index is 12.3. The Balaban J connectivity index is 1.50. The van der Waals surface area contributed by atoms with E-state index < -0.39 is 0 Å². The molecule has 1 atom stereocenters. The van der Waals surface area contributed by atoms with Gasteiger partial charge in [0, 0.05) is 18.5 Å². The number of nitrogens with one attached hydrogen (secondary N) is 2. The molecule has 1 aliphatic rings. The number of hydrogen-bond donors (Lipinski definition) is 2. The van der Waals surface area contributed by atoms with Crippen LogP contribution >= 0.6 is 0 Å². The van der Waals surface area contributed by atoms with Crippen LogP contribution in [-0.4, -0.2) is 47.2 Å². The molecule has 1 aromatic carbocycles. The standard InChI is InChI=1S/C18H26N4O/c1-13-6-7-16-15(11-13)17(21-20-16)18(23)19-8-4-10-22-9-3-5-14(2)12-22/h6-7,11,14H,3-5,8-10,12H2,1-2H3,(H,19,23)(H,20,21). The number of aryl methyl sites for hydroxylation is 1. The van der Waals surface area contributed by atoms with Gasteiger partial charge in [0.05, 0.1) is 5.52 Å². The molecule has 124 valence electrons. The van der Waals surface area contributed by atoms with Crippen molar-refractivity contribution in [3.8, 4) is 0 Å². The summed E-state index contributed by atoms with van der Waals surface area (Å²) in [6, 6.07) is 5.98. The van der Waals surface area contributed by atoms with E-state index in [4.69, 9.17) is 0 Å². The highest BCUT2D eigenvalue weighted by Gasteiger charge is 2.16. The summed E-state index contributed by atoms with van der Waals surface area (Å²) >= 11 is 0. The van der Waals surface area contributed by atoms with Gasteiger partial charge in [-0.05, 0) is 57.3 Å². The van der Waals surface area contributed by atoms with Crippen LogP contribution in [0.5, 0.6) is 0 Å². The molecule has 2 aromatic rings. The third-order valence-electron chi connectivity index (χ3n) is 4.61. The first-order chi connectivity index (χ1) is 11.1. The number of H-pyrrole nitrogens is 1. The average molecular weight is 314 g/mol. The summed E-state index contributed by atoms with van der Waals surface area (Å²) in [5.74, 6) is 0.714. The number of nitrogens with zero attached hydrogens (tertiary/aromatic N) is 2. The number of likely N-dealkylation sites (tertiary alicyclic amines) is 1. The fraction of sp³-hybridized carbons (Fsp3) is 0.556. The van der Waals surface area contributed by atoms with Crippen LogP contribution in [0.1, 0.15) is 42.2 Å². The van der Waals surface area contributed by atoms with E-state index in [0.29, 0.717) is 12.2 Å². The topological polar surface area (TPSA) is 61.0 Å². The number of aromatic nitrogens is 2. The second-order valence-corrected chi connectivity index (χ2v) is 6.78. The number of benzene rings is 1. The van der Waals surface area contributed by atoms with Crippen molar-refractivity contribution < 1.29 is 4.79 Å². The summed E-state index contributed by atoms with van der Waals surface area (Å²) in [5, 5.41) is 11.0. The van der Waals surface area contributed by atoms with E-state index in [1.165, 1.54) is 25.9 Å². The molecular formula is C18H26N4O. The number of piperidine rings is 1. The van der Waals surface area contributed by atoms with Gasteiger partial charge >= 0.3 is 0 Å². The Labute approximate surface area is 137 Å². The minimum Gasteiger partial charge on any atom is -0.351 e. The van der Waals surface area contributed by atoms with E-state index in [1.54, 1.807) is 0 Å². The predicted octanol–water partition coefficient (Wildman–Crippen LogP) is 2.72. The Kier molecular flexibility index (Phi) is 4.96. The van der Waals surface area contributed by atoms with Crippen molar-refractivity contribution >= 4 is 16.8 Å². The van der Waals surface area contributed by atoms with Crippen molar-refractivity contribution in [3.05, 3.63) is 29.5 Å². The minimum absolute atomic E-state index is 0.0890. The quantitative estimate of drug-likeness (QED) is 0.834. The summed E-state index contributed by atoms with van der Waals surface area (Å²) in [6.45, 7) is 8.49. The zero-order chi connectivity index (χ0) is 16.2. The van der Waals surface area contributed by atoms with Crippen LogP contribution in [0.2, 0.25) is 0 Å². The second kappa shape index (κ2) is 7.13. The maximum atomic E-state index is 12.3. The molecule has 0 saturated carbocycles.